The molecule has 2 aliphatic heterocycles. The van der Waals surface area contributed by atoms with Gasteiger partial charge in [-0.05, 0) is 26.2 Å². The van der Waals surface area contributed by atoms with Crippen LogP contribution in [0.4, 0.5) is 0 Å². The minimum Gasteiger partial charge on any atom is -0.355 e. The number of carbonyl (C=O) groups excluding carboxylic acids is 2. The average molecular weight is 298 g/mol. The molecule has 0 aromatic carbocycles. The summed E-state index contributed by atoms with van der Waals surface area (Å²) in [5, 5.41) is 4.62. The van der Waals surface area contributed by atoms with E-state index in [2.05, 4.69) is 5.32 Å². The highest BCUT2D eigenvalue weighted by Crippen LogP contribution is 2.18. The molecule has 2 rings (SSSR count). The summed E-state index contributed by atoms with van der Waals surface area (Å²) in [6.07, 6.45) is 3.08. The van der Waals surface area contributed by atoms with Gasteiger partial charge in [0.25, 0.3) is 0 Å². The van der Waals surface area contributed by atoms with Crippen molar-refractivity contribution in [1.29, 1.82) is 0 Å². The van der Waals surface area contributed by atoms with Crippen LogP contribution in [0.1, 0.15) is 32.6 Å². The second-order valence-corrected chi connectivity index (χ2v) is 5.67. The van der Waals surface area contributed by atoms with Crippen LogP contribution in [-0.2, 0) is 14.4 Å². The number of nitrogens with two attached hydrogens (primary N) is 1. The summed E-state index contributed by atoms with van der Waals surface area (Å²) in [6, 6.07) is -0.539. The molecule has 7 nitrogen and oxygen atoms in total. The second kappa shape index (κ2) is 7.72. The molecule has 2 aliphatic rings. The first-order chi connectivity index (χ1) is 10.1. The van der Waals surface area contributed by atoms with E-state index in [0.29, 0.717) is 32.5 Å². The summed E-state index contributed by atoms with van der Waals surface area (Å²) in [4.78, 5) is 31.5. The molecule has 2 atom stereocenters. The predicted molar refractivity (Wildman–Crippen MR) is 78.2 cm³/mol. The molecule has 120 valence electrons. The van der Waals surface area contributed by atoms with Gasteiger partial charge in [-0.15, -0.1) is 0 Å². The number of amides is 2. The molecule has 3 N–H and O–H groups in total. The molecule has 0 unspecified atom stereocenters. The molecular weight excluding hydrogens is 272 g/mol. The van der Waals surface area contributed by atoms with Crippen molar-refractivity contribution >= 4 is 11.8 Å². The third kappa shape index (κ3) is 4.39. The van der Waals surface area contributed by atoms with Crippen LogP contribution in [0.25, 0.3) is 0 Å². The molecule has 2 heterocycles. The van der Waals surface area contributed by atoms with Crippen LogP contribution in [0.3, 0.4) is 0 Å². The summed E-state index contributed by atoms with van der Waals surface area (Å²) in [5.74, 6) is -0.124. The Morgan fingerprint density at radius 2 is 2.19 bits per heavy atom. The standard InChI is InChI=1S/C14H26N4O3/c1-2-16-14(20)12-9-11(15)10-18(12)13(19)5-7-17-6-3-4-8-21-17/h11-12H,2-10,15H2,1H3,(H,16,20)/t11-,12+/m1/s1. The monoisotopic (exact) mass is 298 g/mol. The molecule has 0 radical (unpaired) electrons. The highest BCUT2D eigenvalue weighted by molar-refractivity contribution is 5.88. The van der Waals surface area contributed by atoms with Crippen molar-refractivity contribution in [2.75, 3.05) is 32.8 Å². The lowest BCUT2D eigenvalue weighted by atomic mass is 10.1. The lowest BCUT2D eigenvalue weighted by Crippen LogP contribution is -2.46. The van der Waals surface area contributed by atoms with Crippen molar-refractivity contribution in [3.8, 4) is 0 Å². The van der Waals surface area contributed by atoms with Crippen molar-refractivity contribution in [3.63, 3.8) is 0 Å². The Hall–Kier alpha value is -1.18. The molecule has 0 bridgehead atoms. The van der Waals surface area contributed by atoms with Gasteiger partial charge in [0, 0.05) is 38.6 Å². The molecule has 2 saturated heterocycles. The number of likely N-dealkylation sites (N-methyl/N-ethyl adjacent to an activating group) is 1. The minimum atomic E-state index is -0.422. The van der Waals surface area contributed by atoms with Crippen LogP contribution in [0.2, 0.25) is 0 Å². The Labute approximate surface area is 125 Å². The van der Waals surface area contributed by atoms with Crippen molar-refractivity contribution in [3.05, 3.63) is 0 Å². The first-order valence-corrected chi connectivity index (χ1v) is 7.82. The van der Waals surface area contributed by atoms with Crippen molar-refractivity contribution < 1.29 is 14.4 Å². The largest absolute Gasteiger partial charge is 0.355 e. The zero-order chi connectivity index (χ0) is 15.2. The highest BCUT2D eigenvalue weighted by Gasteiger charge is 2.37. The van der Waals surface area contributed by atoms with Gasteiger partial charge in [0.2, 0.25) is 11.8 Å². The number of nitrogens with zero attached hydrogens (tertiary/aromatic N) is 2. The third-order valence-electron chi connectivity index (χ3n) is 3.96. The van der Waals surface area contributed by atoms with Crippen LogP contribution < -0.4 is 11.1 Å². The molecule has 0 saturated carbocycles. The maximum Gasteiger partial charge on any atom is 0.242 e. The number of hydrogen-bond donors (Lipinski definition) is 2. The molecule has 2 fully saturated rings. The van der Waals surface area contributed by atoms with Gasteiger partial charge in [-0.1, -0.05) is 0 Å². The van der Waals surface area contributed by atoms with Gasteiger partial charge in [0.15, 0.2) is 0 Å². The molecule has 0 aromatic rings. The van der Waals surface area contributed by atoms with Crippen molar-refractivity contribution in [2.45, 2.75) is 44.7 Å². The molecule has 7 heteroatoms. The minimum absolute atomic E-state index is 0.0200. The Bertz CT molecular complexity index is 371. The highest BCUT2D eigenvalue weighted by atomic mass is 16.7. The van der Waals surface area contributed by atoms with Gasteiger partial charge < -0.3 is 16.0 Å². The molecule has 0 spiro atoms. The number of likely N-dealkylation sites (tertiary alicyclic amines) is 1. The fourth-order valence-electron chi connectivity index (χ4n) is 2.87. The van der Waals surface area contributed by atoms with E-state index < -0.39 is 6.04 Å². The Morgan fingerprint density at radius 3 is 2.86 bits per heavy atom. The third-order valence-corrected chi connectivity index (χ3v) is 3.96. The van der Waals surface area contributed by atoms with E-state index in [1.54, 1.807) is 4.90 Å². The molecular formula is C14H26N4O3. The molecule has 21 heavy (non-hydrogen) atoms. The van der Waals surface area contributed by atoms with E-state index in [1.165, 1.54) is 0 Å². The Balaban J connectivity index is 1.85. The summed E-state index contributed by atoms with van der Waals surface area (Å²) < 4.78 is 0. The van der Waals surface area contributed by atoms with Gasteiger partial charge in [-0.2, -0.15) is 5.06 Å². The van der Waals surface area contributed by atoms with Gasteiger partial charge >= 0.3 is 0 Å². The number of hydroxylamine groups is 2. The number of hydrogen-bond acceptors (Lipinski definition) is 5. The van der Waals surface area contributed by atoms with Crippen LogP contribution in [0, 0.1) is 0 Å². The lowest BCUT2D eigenvalue weighted by Gasteiger charge is -2.28. The number of nitrogens with one attached hydrogen (secondary N) is 1. The van der Waals surface area contributed by atoms with E-state index in [9.17, 15) is 9.59 Å². The van der Waals surface area contributed by atoms with Crippen LogP contribution >= 0.6 is 0 Å². The van der Waals surface area contributed by atoms with Crippen molar-refractivity contribution in [2.24, 2.45) is 5.73 Å². The molecule has 0 aliphatic carbocycles. The van der Waals surface area contributed by atoms with Gasteiger partial charge in [-0.25, -0.2) is 0 Å². The SMILES string of the molecule is CCNC(=O)[C@@H]1C[C@@H](N)CN1C(=O)CCN1CCCCO1. The number of rotatable bonds is 5. The average Bonchev–Trinajstić information content (AvgIpc) is 2.88. The van der Waals surface area contributed by atoms with E-state index in [-0.39, 0.29) is 17.9 Å². The number of carbonyl (C=O) groups is 2. The maximum absolute atomic E-state index is 12.4. The van der Waals surface area contributed by atoms with E-state index in [1.807, 2.05) is 12.0 Å². The zero-order valence-corrected chi connectivity index (χ0v) is 12.7. The zero-order valence-electron chi connectivity index (χ0n) is 12.7. The van der Waals surface area contributed by atoms with E-state index in [0.717, 1.165) is 26.0 Å². The van der Waals surface area contributed by atoms with Crippen LogP contribution in [-0.4, -0.2) is 66.6 Å². The van der Waals surface area contributed by atoms with Gasteiger partial charge in [-0.3, -0.25) is 14.4 Å². The van der Waals surface area contributed by atoms with E-state index in [4.69, 9.17) is 10.6 Å². The summed E-state index contributed by atoms with van der Waals surface area (Å²) in [7, 11) is 0. The van der Waals surface area contributed by atoms with Crippen LogP contribution in [0.5, 0.6) is 0 Å². The first kappa shape index (κ1) is 16.2. The second-order valence-electron chi connectivity index (χ2n) is 5.67. The Kier molecular flexibility index (Phi) is 5.96. The van der Waals surface area contributed by atoms with Gasteiger partial charge in [0.05, 0.1) is 6.61 Å². The summed E-state index contributed by atoms with van der Waals surface area (Å²) in [6.45, 7) is 5.06. The molecule has 2 amide bonds. The quantitative estimate of drug-likeness (QED) is 0.712. The fraction of sp³-hybridized carbons (Fsp3) is 0.857. The lowest BCUT2D eigenvalue weighted by molar-refractivity contribution is -0.182. The van der Waals surface area contributed by atoms with E-state index >= 15 is 0 Å². The summed E-state index contributed by atoms with van der Waals surface area (Å²) >= 11 is 0. The fourth-order valence-corrected chi connectivity index (χ4v) is 2.87. The van der Waals surface area contributed by atoms with Gasteiger partial charge in [0.1, 0.15) is 6.04 Å². The topological polar surface area (TPSA) is 87.9 Å². The maximum atomic E-state index is 12.4. The predicted octanol–water partition coefficient (Wildman–Crippen LogP) is -0.532. The first-order valence-electron chi connectivity index (χ1n) is 7.82. The smallest absolute Gasteiger partial charge is 0.242 e. The summed E-state index contributed by atoms with van der Waals surface area (Å²) in [5.41, 5.74) is 5.92. The normalized spacial score (nSPS) is 26.9. The van der Waals surface area contributed by atoms with Crippen LogP contribution in [0.15, 0.2) is 0 Å². The Morgan fingerprint density at radius 1 is 1.38 bits per heavy atom. The molecule has 0 aromatic heterocycles. The van der Waals surface area contributed by atoms with Crippen molar-refractivity contribution in [1.82, 2.24) is 15.3 Å².